The maximum absolute atomic E-state index is 12.0. The van der Waals surface area contributed by atoms with Gasteiger partial charge < -0.3 is 15.8 Å². The molecule has 1 aliphatic rings. The van der Waals surface area contributed by atoms with Crippen LogP contribution in [0.4, 0.5) is 0 Å². The molecule has 3 N–H and O–H groups in total. The molecule has 0 saturated heterocycles. The number of hydrogen-bond acceptors (Lipinski definition) is 5. The molecule has 5 nitrogen and oxygen atoms in total. The molecule has 94 valence electrons. The van der Waals surface area contributed by atoms with Gasteiger partial charge in [-0.2, -0.15) is 0 Å². The van der Waals surface area contributed by atoms with Gasteiger partial charge >= 0.3 is 0 Å². The Morgan fingerprint density at radius 3 is 3.06 bits per heavy atom. The van der Waals surface area contributed by atoms with E-state index in [-0.39, 0.29) is 24.1 Å². The summed E-state index contributed by atoms with van der Waals surface area (Å²) in [4.78, 5) is 16.7. The molecule has 1 aliphatic carbocycles. The van der Waals surface area contributed by atoms with E-state index in [1.807, 2.05) is 13.8 Å². The van der Waals surface area contributed by atoms with E-state index in [9.17, 15) is 4.79 Å². The number of aromatic nitrogens is 1. The van der Waals surface area contributed by atoms with Crippen LogP contribution in [0.25, 0.3) is 0 Å². The van der Waals surface area contributed by atoms with E-state index in [0.29, 0.717) is 11.5 Å². The standard InChI is InChI=1S/C11H17N3O2S/c1-3-16-8-4-7(12)9(8)14-11(15)10-6(2)13-5-17-10/h5,7-9H,3-4,12H2,1-2H3,(H,14,15). The van der Waals surface area contributed by atoms with E-state index in [4.69, 9.17) is 10.5 Å². The van der Waals surface area contributed by atoms with Gasteiger partial charge in [0.1, 0.15) is 4.88 Å². The maximum atomic E-state index is 12.0. The van der Waals surface area contributed by atoms with Crippen molar-refractivity contribution in [3.8, 4) is 0 Å². The van der Waals surface area contributed by atoms with Crippen LogP contribution < -0.4 is 11.1 Å². The highest BCUT2D eigenvalue weighted by Crippen LogP contribution is 2.23. The Morgan fingerprint density at radius 1 is 1.76 bits per heavy atom. The molecule has 0 aliphatic heterocycles. The first kappa shape index (κ1) is 12.5. The third-order valence-corrected chi connectivity index (χ3v) is 3.92. The Morgan fingerprint density at radius 2 is 2.53 bits per heavy atom. The van der Waals surface area contributed by atoms with Gasteiger partial charge in [-0.1, -0.05) is 0 Å². The van der Waals surface area contributed by atoms with E-state index >= 15 is 0 Å². The summed E-state index contributed by atoms with van der Waals surface area (Å²) >= 11 is 1.35. The fourth-order valence-electron chi connectivity index (χ4n) is 1.96. The minimum atomic E-state index is -0.102. The summed E-state index contributed by atoms with van der Waals surface area (Å²) in [5, 5.41) is 2.93. The minimum Gasteiger partial charge on any atom is -0.376 e. The molecule has 1 fully saturated rings. The summed E-state index contributed by atoms with van der Waals surface area (Å²) in [6, 6.07) is -0.0901. The van der Waals surface area contributed by atoms with Gasteiger partial charge in [-0.3, -0.25) is 4.79 Å². The number of aryl methyl sites for hydroxylation is 1. The summed E-state index contributed by atoms with van der Waals surface area (Å²) in [7, 11) is 0. The van der Waals surface area contributed by atoms with E-state index < -0.39 is 0 Å². The number of rotatable bonds is 4. The third-order valence-electron chi connectivity index (χ3n) is 3.00. The van der Waals surface area contributed by atoms with Crippen LogP contribution in [0.2, 0.25) is 0 Å². The second kappa shape index (κ2) is 5.12. The second-order valence-corrected chi connectivity index (χ2v) is 5.01. The lowest BCUT2D eigenvalue weighted by atomic mass is 9.83. The molecular formula is C11H17N3O2S. The van der Waals surface area contributed by atoms with Gasteiger partial charge in [0.25, 0.3) is 5.91 Å². The topological polar surface area (TPSA) is 77.2 Å². The fraction of sp³-hybridized carbons (Fsp3) is 0.636. The third kappa shape index (κ3) is 2.48. The van der Waals surface area contributed by atoms with Crippen molar-refractivity contribution in [1.29, 1.82) is 0 Å². The van der Waals surface area contributed by atoms with Crippen LogP contribution >= 0.6 is 11.3 Å². The van der Waals surface area contributed by atoms with Crippen molar-refractivity contribution in [2.75, 3.05) is 6.61 Å². The SMILES string of the molecule is CCOC1CC(N)C1NC(=O)c1scnc1C. The van der Waals surface area contributed by atoms with Crippen LogP contribution in [0.1, 0.15) is 28.7 Å². The zero-order valence-electron chi connectivity index (χ0n) is 9.97. The molecule has 3 unspecified atom stereocenters. The first-order valence-electron chi connectivity index (χ1n) is 5.71. The monoisotopic (exact) mass is 255 g/mol. The molecule has 0 bridgehead atoms. The fourth-order valence-corrected chi connectivity index (χ4v) is 2.67. The average Bonchev–Trinajstić information content (AvgIpc) is 2.72. The first-order valence-corrected chi connectivity index (χ1v) is 6.59. The van der Waals surface area contributed by atoms with Gasteiger partial charge in [-0.15, -0.1) is 11.3 Å². The predicted molar refractivity (Wildman–Crippen MR) is 66.1 cm³/mol. The highest BCUT2D eigenvalue weighted by molar-refractivity contribution is 7.11. The van der Waals surface area contributed by atoms with Crippen molar-refractivity contribution in [3.63, 3.8) is 0 Å². The number of nitrogens with zero attached hydrogens (tertiary/aromatic N) is 1. The summed E-state index contributed by atoms with van der Waals surface area (Å²) in [6.45, 7) is 4.41. The highest BCUT2D eigenvalue weighted by Gasteiger charge is 2.40. The maximum Gasteiger partial charge on any atom is 0.263 e. The quantitative estimate of drug-likeness (QED) is 0.829. The summed E-state index contributed by atoms with van der Waals surface area (Å²) in [6.07, 6.45) is 0.854. The Kier molecular flexibility index (Phi) is 3.76. The Bertz CT molecular complexity index is 405. The minimum absolute atomic E-state index is 0.0104. The van der Waals surface area contributed by atoms with Crippen LogP contribution in [-0.4, -0.2) is 35.7 Å². The first-order chi connectivity index (χ1) is 8.13. The molecule has 1 aromatic rings. The molecule has 17 heavy (non-hydrogen) atoms. The molecule has 1 aromatic heterocycles. The lowest BCUT2D eigenvalue weighted by Gasteiger charge is -2.42. The lowest BCUT2D eigenvalue weighted by Crippen LogP contribution is -2.64. The Balaban J connectivity index is 1.97. The Labute approximate surface area is 104 Å². The smallest absolute Gasteiger partial charge is 0.263 e. The predicted octanol–water partition coefficient (Wildman–Crippen LogP) is 0.686. The number of amides is 1. The summed E-state index contributed by atoms with van der Waals surface area (Å²) in [5.74, 6) is -0.102. The summed E-state index contributed by atoms with van der Waals surface area (Å²) in [5.41, 5.74) is 8.31. The van der Waals surface area contributed by atoms with E-state index in [1.165, 1.54) is 11.3 Å². The van der Waals surface area contributed by atoms with Crippen LogP contribution in [0.5, 0.6) is 0 Å². The van der Waals surface area contributed by atoms with Crippen LogP contribution in [0.15, 0.2) is 5.51 Å². The van der Waals surface area contributed by atoms with Gasteiger partial charge in [0.05, 0.1) is 23.4 Å². The van der Waals surface area contributed by atoms with Gasteiger partial charge in [-0.05, 0) is 20.3 Å². The molecule has 0 aromatic carbocycles. The van der Waals surface area contributed by atoms with Gasteiger partial charge in [-0.25, -0.2) is 4.98 Å². The van der Waals surface area contributed by atoms with Crippen LogP contribution in [0, 0.1) is 6.92 Å². The van der Waals surface area contributed by atoms with Gasteiger partial charge in [0, 0.05) is 12.6 Å². The number of nitrogens with two attached hydrogens (primary N) is 1. The van der Waals surface area contributed by atoms with Crippen molar-refractivity contribution in [1.82, 2.24) is 10.3 Å². The molecule has 0 spiro atoms. The van der Waals surface area contributed by atoms with Crippen LogP contribution in [-0.2, 0) is 4.74 Å². The van der Waals surface area contributed by atoms with E-state index in [2.05, 4.69) is 10.3 Å². The number of carbonyl (C=O) groups excluding carboxylic acids is 1. The molecule has 0 radical (unpaired) electrons. The number of ether oxygens (including phenoxy) is 1. The molecule has 1 saturated carbocycles. The Hall–Kier alpha value is -0.980. The molecule has 6 heteroatoms. The van der Waals surface area contributed by atoms with Crippen molar-refractivity contribution in [2.24, 2.45) is 5.73 Å². The van der Waals surface area contributed by atoms with Crippen molar-refractivity contribution in [2.45, 2.75) is 38.5 Å². The van der Waals surface area contributed by atoms with E-state index in [0.717, 1.165) is 12.1 Å². The molecule has 1 amide bonds. The molecular weight excluding hydrogens is 238 g/mol. The second-order valence-electron chi connectivity index (χ2n) is 4.16. The average molecular weight is 255 g/mol. The zero-order valence-corrected chi connectivity index (χ0v) is 10.8. The van der Waals surface area contributed by atoms with Gasteiger partial charge in [0.2, 0.25) is 0 Å². The van der Waals surface area contributed by atoms with Crippen LogP contribution in [0.3, 0.4) is 0 Å². The number of carbonyl (C=O) groups is 1. The zero-order chi connectivity index (χ0) is 12.4. The van der Waals surface area contributed by atoms with Crippen molar-refractivity contribution in [3.05, 3.63) is 16.1 Å². The highest BCUT2D eigenvalue weighted by atomic mass is 32.1. The normalized spacial score (nSPS) is 27.6. The van der Waals surface area contributed by atoms with Crippen molar-refractivity contribution >= 4 is 17.2 Å². The van der Waals surface area contributed by atoms with E-state index in [1.54, 1.807) is 5.51 Å². The lowest BCUT2D eigenvalue weighted by molar-refractivity contribution is -0.0299. The number of hydrogen-bond donors (Lipinski definition) is 2. The van der Waals surface area contributed by atoms with Gasteiger partial charge in [0.15, 0.2) is 0 Å². The number of thiazole rings is 1. The molecule has 2 rings (SSSR count). The number of nitrogens with one attached hydrogen (secondary N) is 1. The molecule has 3 atom stereocenters. The largest absolute Gasteiger partial charge is 0.376 e. The molecule has 1 heterocycles. The van der Waals surface area contributed by atoms with Crippen molar-refractivity contribution < 1.29 is 9.53 Å². The summed E-state index contributed by atoms with van der Waals surface area (Å²) < 4.78 is 5.50.